The van der Waals surface area contributed by atoms with Gasteiger partial charge >= 0.3 is 5.97 Å². The van der Waals surface area contributed by atoms with E-state index in [2.05, 4.69) is 9.97 Å². The van der Waals surface area contributed by atoms with Gasteiger partial charge < -0.3 is 16.2 Å². The summed E-state index contributed by atoms with van der Waals surface area (Å²) in [6.45, 7) is 2.02. The van der Waals surface area contributed by atoms with E-state index in [0.29, 0.717) is 38.0 Å². The standard InChI is InChI=1S/C20H17N5O2S/c1-2-27-20(26)17-15(22)14-16(12-4-3-5-13(21)10-12)24-18(25-19(14)28-17)11-6-8-23-9-7-11/h3-10H,2,21-22H2,1H3. The molecule has 4 N–H and O–H groups in total. The van der Waals surface area contributed by atoms with Crippen molar-refractivity contribution in [2.24, 2.45) is 0 Å². The number of esters is 1. The van der Waals surface area contributed by atoms with Crippen molar-refractivity contribution >= 4 is 38.9 Å². The number of aromatic nitrogens is 3. The minimum absolute atomic E-state index is 0.266. The first-order valence-corrected chi connectivity index (χ1v) is 9.43. The number of ether oxygens (including phenoxy) is 1. The van der Waals surface area contributed by atoms with Crippen molar-refractivity contribution in [3.63, 3.8) is 0 Å². The second-order valence-electron chi connectivity index (χ2n) is 6.00. The number of nitrogen functional groups attached to an aromatic ring is 2. The third-order valence-electron chi connectivity index (χ3n) is 4.15. The second-order valence-corrected chi connectivity index (χ2v) is 7.00. The highest BCUT2D eigenvalue weighted by atomic mass is 32.1. The molecule has 4 rings (SSSR count). The maximum Gasteiger partial charge on any atom is 0.350 e. The molecule has 140 valence electrons. The zero-order chi connectivity index (χ0) is 19.7. The first kappa shape index (κ1) is 17.9. The molecule has 0 aliphatic heterocycles. The van der Waals surface area contributed by atoms with E-state index in [9.17, 15) is 4.79 Å². The van der Waals surface area contributed by atoms with Crippen LogP contribution in [-0.2, 0) is 4.74 Å². The van der Waals surface area contributed by atoms with Crippen LogP contribution in [0.5, 0.6) is 0 Å². The fourth-order valence-electron chi connectivity index (χ4n) is 2.90. The van der Waals surface area contributed by atoms with Gasteiger partial charge in [0.2, 0.25) is 0 Å². The van der Waals surface area contributed by atoms with Gasteiger partial charge in [-0.15, -0.1) is 11.3 Å². The number of thiophene rings is 1. The molecule has 0 saturated carbocycles. The van der Waals surface area contributed by atoms with E-state index < -0.39 is 5.97 Å². The van der Waals surface area contributed by atoms with Crippen LogP contribution in [0.4, 0.5) is 11.4 Å². The molecule has 0 radical (unpaired) electrons. The predicted molar refractivity (Wildman–Crippen MR) is 111 cm³/mol. The van der Waals surface area contributed by atoms with E-state index >= 15 is 0 Å². The summed E-state index contributed by atoms with van der Waals surface area (Å²) in [6.07, 6.45) is 3.35. The molecule has 0 atom stereocenters. The molecule has 4 aromatic rings. The number of hydrogen-bond acceptors (Lipinski definition) is 8. The van der Waals surface area contributed by atoms with Gasteiger partial charge in [-0.1, -0.05) is 12.1 Å². The molecule has 1 aromatic carbocycles. The highest BCUT2D eigenvalue weighted by molar-refractivity contribution is 7.21. The monoisotopic (exact) mass is 391 g/mol. The van der Waals surface area contributed by atoms with Crippen molar-refractivity contribution in [3.8, 4) is 22.6 Å². The summed E-state index contributed by atoms with van der Waals surface area (Å²) >= 11 is 1.20. The van der Waals surface area contributed by atoms with Crippen LogP contribution in [0.2, 0.25) is 0 Å². The molecule has 0 bridgehead atoms. The number of nitrogens with zero attached hydrogens (tertiary/aromatic N) is 3. The van der Waals surface area contributed by atoms with Gasteiger partial charge in [0.1, 0.15) is 9.71 Å². The molecule has 8 heteroatoms. The summed E-state index contributed by atoms with van der Waals surface area (Å²) < 4.78 is 5.13. The van der Waals surface area contributed by atoms with E-state index in [1.807, 2.05) is 30.3 Å². The van der Waals surface area contributed by atoms with Crippen molar-refractivity contribution in [1.29, 1.82) is 0 Å². The Kier molecular flexibility index (Phi) is 4.62. The Morgan fingerprint density at radius 1 is 1.11 bits per heavy atom. The van der Waals surface area contributed by atoms with Crippen molar-refractivity contribution < 1.29 is 9.53 Å². The lowest BCUT2D eigenvalue weighted by atomic mass is 10.1. The lowest BCUT2D eigenvalue weighted by Gasteiger charge is -2.08. The van der Waals surface area contributed by atoms with Gasteiger partial charge in [-0.05, 0) is 31.2 Å². The van der Waals surface area contributed by atoms with Gasteiger partial charge in [0, 0.05) is 29.2 Å². The van der Waals surface area contributed by atoms with Gasteiger partial charge in [-0.2, -0.15) is 0 Å². The minimum atomic E-state index is -0.466. The first-order valence-electron chi connectivity index (χ1n) is 8.62. The molecule has 28 heavy (non-hydrogen) atoms. The quantitative estimate of drug-likeness (QED) is 0.402. The Labute approximate surface area is 165 Å². The number of benzene rings is 1. The molecule has 0 fully saturated rings. The normalized spacial score (nSPS) is 10.9. The molecule has 3 heterocycles. The molecule has 0 spiro atoms. The maximum absolute atomic E-state index is 12.3. The molecule has 0 unspecified atom stereocenters. The van der Waals surface area contributed by atoms with Crippen LogP contribution < -0.4 is 11.5 Å². The van der Waals surface area contributed by atoms with E-state index in [-0.39, 0.29) is 6.61 Å². The van der Waals surface area contributed by atoms with E-state index in [0.717, 1.165) is 11.1 Å². The largest absolute Gasteiger partial charge is 0.462 e. The maximum atomic E-state index is 12.3. The Hall–Kier alpha value is -3.52. The first-order chi connectivity index (χ1) is 13.6. The Morgan fingerprint density at radius 2 is 1.89 bits per heavy atom. The third-order valence-corrected chi connectivity index (χ3v) is 5.23. The van der Waals surface area contributed by atoms with Gasteiger partial charge in [0.15, 0.2) is 5.82 Å². The molecular formula is C20H17N5O2S. The van der Waals surface area contributed by atoms with Crippen molar-refractivity contribution in [3.05, 3.63) is 53.7 Å². The van der Waals surface area contributed by atoms with Gasteiger partial charge in [-0.3, -0.25) is 4.98 Å². The Balaban J connectivity index is 2.02. The van der Waals surface area contributed by atoms with Crippen molar-refractivity contribution in [2.75, 3.05) is 18.1 Å². The minimum Gasteiger partial charge on any atom is -0.462 e. The SMILES string of the molecule is CCOC(=O)c1sc2nc(-c3ccncc3)nc(-c3cccc(N)c3)c2c1N. The lowest BCUT2D eigenvalue weighted by molar-refractivity contribution is 0.0533. The smallest absolute Gasteiger partial charge is 0.350 e. The van der Waals surface area contributed by atoms with E-state index in [4.69, 9.17) is 21.2 Å². The fourth-order valence-corrected chi connectivity index (χ4v) is 3.88. The van der Waals surface area contributed by atoms with Crippen LogP contribution in [0.3, 0.4) is 0 Å². The summed E-state index contributed by atoms with van der Waals surface area (Å²) in [5.41, 5.74) is 15.4. The number of rotatable bonds is 4. The summed E-state index contributed by atoms with van der Waals surface area (Å²) in [7, 11) is 0. The average Bonchev–Trinajstić information content (AvgIpc) is 3.05. The molecule has 0 aliphatic carbocycles. The number of nitrogens with two attached hydrogens (primary N) is 2. The fraction of sp³-hybridized carbons (Fsp3) is 0.100. The Bertz CT molecular complexity index is 1170. The molecule has 0 aliphatic rings. The van der Waals surface area contributed by atoms with Gasteiger partial charge in [0.25, 0.3) is 0 Å². The van der Waals surface area contributed by atoms with Crippen LogP contribution in [0.1, 0.15) is 16.6 Å². The molecule has 7 nitrogen and oxygen atoms in total. The number of carbonyl (C=O) groups is 1. The summed E-state index contributed by atoms with van der Waals surface area (Å²) in [5, 5.41) is 0.622. The number of carbonyl (C=O) groups excluding carboxylic acids is 1. The Morgan fingerprint density at radius 3 is 2.61 bits per heavy atom. The van der Waals surface area contributed by atoms with Crippen LogP contribution in [0.15, 0.2) is 48.8 Å². The molecule has 0 saturated heterocycles. The summed E-state index contributed by atoms with van der Waals surface area (Å²) in [5.74, 6) is 0.0518. The van der Waals surface area contributed by atoms with Crippen LogP contribution >= 0.6 is 11.3 Å². The second kappa shape index (κ2) is 7.24. The van der Waals surface area contributed by atoms with Crippen molar-refractivity contribution in [2.45, 2.75) is 6.92 Å². The number of anilines is 2. The van der Waals surface area contributed by atoms with Crippen LogP contribution in [0, 0.1) is 0 Å². The zero-order valence-electron chi connectivity index (χ0n) is 15.0. The van der Waals surface area contributed by atoms with Gasteiger partial charge in [-0.25, -0.2) is 14.8 Å². The van der Waals surface area contributed by atoms with Crippen molar-refractivity contribution in [1.82, 2.24) is 15.0 Å². The third kappa shape index (κ3) is 3.14. The topological polar surface area (TPSA) is 117 Å². The molecule has 0 amide bonds. The molecular weight excluding hydrogens is 374 g/mol. The van der Waals surface area contributed by atoms with E-state index in [1.54, 1.807) is 25.4 Å². The number of hydrogen-bond donors (Lipinski definition) is 2. The lowest BCUT2D eigenvalue weighted by Crippen LogP contribution is -2.05. The van der Waals surface area contributed by atoms with E-state index in [1.165, 1.54) is 11.3 Å². The zero-order valence-corrected chi connectivity index (χ0v) is 15.9. The molecule has 3 aromatic heterocycles. The van der Waals surface area contributed by atoms with Crippen LogP contribution in [-0.4, -0.2) is 27.5 Å². The van der Waals surface area contributed by atoms with Gasteiger partial charge in [0.05, 0.1) is 23.4 Å². The average molecular weight is 391 g/mol. The highest BCUT2D eigenvalue weighted by Gasteiger charge is 2.23. The summed E-state index contributed by atoms with van der Waals surface area (Å²) in [4.78, 5) is 26.7. The highest BCUT2D eigenvalue weighted by Crippen LogP contribution is 2.40. The number of pyridine rings is 1. The van der Waals surface area contributed by atoms with Crippen LogP contribution in [0.25, 0.3) is 32.9 Å². The predicted octanol–water partition coefficient (Wildman–Crippen LogP) is 3.76. The number of fused-ring (bicyclic) bond motifs is 1. The summed E-state index contributed by atoms with van der Waals surface area (Å²) in [6, 6.07) is 11.0.